The summed E-state index contributed by atoms with van der Waals surface area (Å²) in [6.07, 6.45) is 11.0. The number of aromatic nitrogens is 7. The average Bonchev–Trinajstić information content (AvgIpc) is 3.46. The van der Waals surface area contributed by atoms with Crippen LogP contribution in [0.15, 0.2) is 43.2 Å². The molecule has 4 aromatic rings. The molecule has 0 aliphatic carbocycles. The van der Waals surface area contributed by atoms with Gasteiger partial charge in [-0.15, -0.1) is 0 Å². The second-order valence-electron chi connectivity index (χ2n) is 7.11. The molecule has 10 heteroatoms. The molecule has 1 aliphatic heterocycles. The molecule has 4 aromatic heterocycles. The Morgan fingerprint density at radius 2 is 1.83 bits per heavy atom. The number of aryl methyl sites for hydroxylation is 2. The molecule has 5 heterocycles. The van der Waals surface area contributed by atoms with E-state index in [9.17, 15) is 4.79 Å². The second-order valence-corrected chi connectivity index (χ2v) is 7.11. The zero-order chi connectivity index (χ0) is 20.0. The smallest absolute Gasteiger partial charge is 0.272 e. The Morgan fingerprint density at radius 1 is 1.00 bits per heavy atom. The van der Waals surface area contributed by atoms with Gasteiger partial charge in [0.2, 0.25) is 0 Å². The first-order valence-electron chi connectivity index (χ1n) is 9.45. The summed E-state index contributed by atoms with van der Waals surface area (Å²) >= 11 is 0. The molecule has 1 amide bonds. The van der Waals surface area contributed by atoms with Crippen LogP contribution in [0.4, 0.5) is 5.82 Å². The molecule has 1 aliphatic rings. The fourth-order valence-electron chi connectivity index (χ4n) is 3.76. The molecule has 0 atom stereocenters. The number of amides is 1. The number of nitrogens with zero attached hydrogens (tertiary/aromatic N) is 9. The van der Waals surface area contributed by atoms with Gasteiger partial charge >= 0.3 is 0 Å². The van der Waals surface area contributed by atoms with Crippen molar-refractivity contribution in [2.75, 3.05) is 31.1 Å². The van der Waals surface area contributed by atoms with Crippen LogP contribution in [-0.2, 0) is 14.1 Å². The van der Waals surface area contributed by atoms with Crippen molar-refractivity contribution in [2.24, 2.45) is 14.1 Å². The largest absolute Gasteiger partial charge is 0.350 e. The summed E-state index contributed by atoms with van der Waals surface area (Å²) in [5.74, 6) is 0.839. The molecular weight excluding hydrogens is 370 g/mol. The van der Waals surface area contributed by atoms with E-state index in [4.69, 9.17) is 0 Å². The molecule has 0 bridgehead atoms. The summed E-state index contributed by atoms with van der Waals surface area (Å²) in [7, 11) is 3.68. The Labute approximate surface area is 167 Å². The van der Waals surface area contributed by atoms with E-state index in [-0.39, 0.29) is 5.91 Å². The number of rotatable bonds is 3. The first-order chi connectivity index (χ1) is 14.1. The number of carbonyl (C=O) groups excluding carboxylic acids is 1. The third-order valence-corrected chi connectivity index (χ3v) is 5.32. The first kappa shape index (κ1) is 17.4. The van der Waals surface area contributed by atoms with Crippen LogP contribution in [0.25, 0.3) is 16.9 Å². The van der Waals surface area contributed by atoms with Gasteiger partial charge < -0.3 is 9.80 Å². The predicted molar refractivity (Wildman–Crippen MR) is 107 cm³/mol. The summed E-state index contributed by atoms with van der Waals surface area (Å²) in [6.45, 7) is 2.66. The molecule has 0 aromatic carbocycles. The van der Waals surface area contributed by atoms with Crippen molar-refractivity contribution < 1.29 is 4.79 Å². The van der Waals surface area contributed by atoms with Crippen molar-refractivity contribution in [1.82, 2.24) is 38.8 Å². The highest BCUT2D eigenvalue weighted by Gasteiger charge is 2.26. The molecular formula is C19H21N9O. The highest BCUT2D eigenvalue weighted by atomic mass is 16.2. The molecule has 0 unspecified atom stereocenters. The van der Waals surface area contributed by atoms with Crippen molar-refractivity contribution in [3.05, 3.63) is 48.9 Å². The Hall–Kier alpha value is -3.69. The standard InChI is InChI=1S/C19H21N9O/c1-24-13-14(11-23-24)16-12-21-18-17(20-5-6-28(16)18)26-7-9-27(10-8-26)19(29)15-3-4-22-25(15)2/h3-6,11-13H,7-10H2,1-2H3. The van der Waals surface area contributed by atoms with E-state index >= 15 is 0 Å². The molecule has 0 spiro atoms. The van der Waals surface area contributed by atoms with Crippen molar-refractivity contribution in [2.45, 2.75) is 0 Å². The highest BCUT2D eigenvalue weighted by Crippen LogP contribution is 2.25. The minimum atomic E-state index is 0.00972. The highest BCUT2D eigenvalue weighted by molar-refractivity contribution is 5.92. The van der Waals surface area contributed by atoms with Crippen LogP contribution in [0.1, 0.15) is 10.5 Å². The quantitative estimate of drug-likeness (QED) is 0.514. The SMILES string of the molecule is Cn1cc(-c2cnc3c(N4CCN(C(=O)c5ccnn5C)CC4)nccn23)cn1. The van der Waals surface area contributed by atoms with E-state index in [1.165, 1.54) is 0 Å². The van der Waals surface area contributed by atoms with E-state index < -0.39 is 0 Å². The lowest BCUT2D eigenvalue weighted by atomic mass is 10.2. The first-order valence-corrected chi connectivity index (χ1v) is 9.45. The molecule has 1 fully saturated rings. The van der Waals surface area contributed by atoms with Crippen LogP contribution in [0, 0.1) is 0 Å². The van der Waals surface area contributed by atoms with Gasteiger partial charge in [-0.2, -0.15) is 10.2 Å². The zero-order valence-corrected chi connectivity index (χ0v) is 16.3. The predicted octanol–water partition coefficient (Wildman–Crippen LogP) is 0.826. The molecule has 0 N–H and O–H groups in total. The van der Waals surface area contributed by atoms with Gasteiger partial charge in [0.1, 0.15) is 5.69 Å². The molecule has 10 nitrogen and oxygen atoms in total. The van der Waals surface area contributed by atoms with Gasteiger partial charge in [-0.25, -0.2) is 9.97 Å². The van der Waals surface area contributed by atoms with Gasteiger partial charge in [-0.1, -0.05) is 0 Å². The van der Waals surface area contributed by atoms with E-state index in [0.717, 1.165) is 22.7 Å². The monoisotopic (exact) mass is 391 g/mol. The van der Waals surface area contributed by atoms with Crippen LogP contribution < -0.4 is 4.90 Å². The van der Waals surface area contributed by atoms with Crippen LogP contribution >= 0.6 is 0 Å². The maximum atomic E-state index is 12.7. The topological polar surface area (TPSA) is 89.4 Å². The number of carbonyl (C=O) groups is 1. The number of fused-ring (bicyclic) bond motifs is 1. The number of hydrogen-bond donors (Lipinski definition) is 0. The van der Waals surface area contributed by atoms with Gasteiger partial charge in [-0.3, -0.25) is 18.6 Å². The van der Waals surface area contributed by atoms with Crippen LogP contribution in [0.5, 0.6) is 0 Å². The minimum Gasteiger partial charge on any atom is -0.350 e. The fourth-order valence-corrected chi connectivity index (χ4v) is 3.76. The average molecular weight is 391 g/mol. The summed E-state index contributed by atoms with van der Waals surface area (Å²) in [5, 5.41) is 8.34. The number of piperazine rings is 1. The lowest BCUT2D eigenvalue weighted by Gasteiger charge is -2.35. The van der Waals surface area contributed by atoms with Crippen LogP contribution in [0.2, 0.25) is 0 Å². The van der Waals surface area contributed by atoms with Gasteiger partial charge in [0.05, 0.1) is 18.1 Å². The van der Waals surface area contributed by atoms with Gasteiger partial charge in [0, 0.05) is 70.6 Å². The number of anilines is 1. The lowest BCUT2D eigenvalue weighted by molar-refractivity contribution is 0.0735. The zero-order valence-electron chi connectivity index (χ0n) is 16.3. The summed E-state index contributed by atoms with van der Waals surface area (Å²) in [5.41, 5.74) is 3.39. The van der Waals surface area contributed by atoms with Crippen LogP contribution in [0.3, 0.4) is 0 Å². The Kier molecular flexibility index (Phi) is 4.04. The Bertz CT molecular complexity index is 1180. The molecule has 5 rings (SSSR count). The van der Waals surface area contributed by atoms with Gasteiger partial charge in [-0.05, 0) is 6.07 Å². The summed E-state index contributed by atoms with van der Waals surface area (Å²) < 4.78 is 5.42. The molecule has 1 saturated heterocycles. The Balaban J connectivity index is 1.38. The maximum absolute atomic E-state index is 12.7. The molecule has 0 radical (unpaired) electrons. The van der Waals surface area contributed by atoms with Gasteiger partial charge in [0.15, 0.2) is 11.5 Å². The molecule has 148 valence electrons. The van der Waals surface area contributed by atoms with Crippen molar-refractivity contribution in [3.63, 3.8) is 0 Å². The van der Waals surface area contributed by atoms with Crippen LogP contribution in [-0.4, -0.2) is 70.9 Å². The van der Waals surface area contributed by atoms with E-state index in [2.05, 4.69) is 25.1 Å². The lowest BCUT2D eigenvalue weighted by Crippen LogP contribution is -2.49. The molecule has 29 heavy (non-hydrogen) atoms. The summed E-state index contributed by atoms with van der Waals surface area (Å²) in [6, 6.07) is 1.75. The fraction of sp³-hybridized carbons (Fsp3) is 0.316. The number of imidazole rings is 1. The molecule has 0 saturated carbocycles. The second kappa shape index (κ2) is 6.73. The minimum absolute atomic E-state index is 0.00972. The Morgan fingerprint density at radius 3 is 2.52 bits per heavy atom. The van der Waals surface area contributed by atoms with Crippen molar-refractivity contribution in [3.8, 4) is 11.3 Å². The van der Waals surface area contributed by atoms with Crippen molar-refractivity contribution in [1.29, 1.82) is 0 Å². The summed E-state index contributed by atoms with van der Waals surface area (Å²) in [4.78, 5) is 25.9. The van der Waals surface area contributed by atoms with E-state index in [1.54, 1.807) is 34.9 Å². The van der Waals surface area contributed by atoms with E-state index in [0.29, 0.717) is 31.9 Å². The van der Waals surface area contributed by atoms with Crippen molar-refractivity contribution >= 4 is 17.4 Å². The van der Waals surface area contributed by atoms with E-state index in [1.807, 2.05) is 41.1 Å². The maximum Gasteiger partial charge on any atom is 0.272 e. The third kappa shape index (κ3) is 2.93. The number of hydrogen-bond acceptors (Lipinski definition) is 6. The normalized spacial score (nSPS) is 14.7. The van der Waals surface area contributed by atoms with Gasteiger partial charge in [0.25, 0.3) is 5.91 Å². The third-order valence-electron chi connectivity index (χ3n) is 5.32.